The molecule has 4 rings (SSSR count). The number of carbonyl (C=O) groups is 4. The second kappa shape index (κ2) is 8.59. The SMILES string of the molecule is Cc1ccc(C)c(C(=O)CCC(=O)Nc2cccc(N3C(=O)c4ccccc4C3=O)c2)c1. The number of ketones is 1. The molecule has 3 aromatic rings. The summed E-state index contributed by atoms with van der Waals surface area (Å²) in [6.45, 7) is 3.79. The van der Waals surface area contributed by atoms with E-state index in [4.69, 9.17) is 0 Å². The molecular formula is C26H22N2O4. The normalized spacial score (nSPS) is 12.6. The lowest BCUT2D eigenvalue weighted by Gasteiger charge is -2.15. The summed E-state index contributed by atoms with van der Waals surface area (Å²) in [6, 6.07) is 18.9. The molecule has 0 bridgehead atoms. The smallest absolute Gasteiger partial charge is 0.266 e. The molecule has 32 heavy (non-hydrogen) atoms. The van der Waals surface area contributed by atoms with Crippen molar-refractivity contribution in [3.63, 3.8) is 0 Å². The molecule has 0 unspecified atom stereocenters. The molecule has 0 spiro atoms. The number of Topliss-reactive ketones (excluding diaryl/α,β-unsaturated/α-hetero) is 1. The highest BCUT2D eigenvalue weighted by Crippen LogP contribution is 2.29. The summed E-state index contributed by atoms with van der Waals surface area (Å²) in [5, 5.41) is 2.75. The van der Waals surface area contributed by atoms with Crippen molar-refractivity contribution in [2.24, 2.45) is 0 Å². The van der Waals surface area contributed by atoms with Crippen LogP contribution >= 0.6 is 0 Å². The van der Waals surface area contributed by atoms with E-state index in [1.807, 2.05) is 32.0 Å². The Labute approximate surface area is 185 Å². The van der Waals surface area contributed by atoms with E-state index in [1.165, 1.54) is 0 Å². The van der Waals surface area contributed by atoms with Crippen LogP contribution in [0.3, 0.4) is 0 Å². The van der Waals surface area contributed by atoms with Gasteiger partial charge in [-0.05, 0) is 55.8 Å². The van der Waals surface area contributed by atoms with Crippen LogP contribution in [0.5, 0.6) is 0 Å². The summed E-state index contributed by atoms with van der Waals surface area (Å²) < 4.78 is 0. The molecule has 0 aromatic heterocycles. The van der Waals surface area contributed by atoms with Gasteiger partial charge in [-0.2, -0.15) is 0 Å². The molecule has 0 atom stereocenters. The Morgan fingerprint density at radius 1 is 0.812 bits per heavy atom. The van der Waals surface area contributed by atoms with Crippen molar-refractivity contribution in [1.29, 1.82) is 0 Å². The molecule has 1 aliphatic heterocycles. The minimum atomic E-state index is -0.395. The largest absolute Gasteiger partial charge is 0.326 e. The van der Waals surface area contributed by atoms with Crippen molar-refractivity contribution in [3.05, 3.63) is 94.5 Å². The number of carbonyl (C=O) groups excluding carboxylic acids is 4. The average molecular weight is 426 g/mol. The van der Waals surface area contributed by atoms with Gasteiger partial charge in [0.15, 0.2) is 5.78 Å². The van der Waals surface area contributed by atoms with E-state index in [9.17, 15) is 19.2 Å². The molecule has 0 aliphatic carbocycles. The summed E-state index contributed by atoms with van der Waals surface area (Å²) in [6.07, 6.45) is 0.123. The number of rotatable bonds is 6. The van der Waals surface area contributed by atoms with E-state index in [0.717, 1.165) is 16.0 Å². The number of imide groups is 1. The van der Waals surface area contributed by atoms with Gasteiger partial charge in [0.1, 0.15) is 0 Å². The molecule has 3 aromatic carbocycles. The van der Waals surface area contributed by atoms with Crippen molar-refractivity contribution < 1.29 is 19.2 Å². The van der Waals surface area contributed by atoms with Crippen molar-refractivity contribution in [1.82, 2.24) is 0 Å². The van der Waals surface area contributed by atoms with E-state index in [-0.39, 0.29) is 24.5 Å². The lowest BCUT2D eigenvalue weighted by atomic mass is 9.99. The fraction of sp³-hybridized carbons (Fsp3) is 0.154. The zero-order valence-electron chi connectivity index (χ0n) is 17.8. The number of amides is 3. The lowest BCUT2D eigenvalue weighted by molar-refractivity contribution is -0.116. The van der Waals surface area contributed by atoms with Crippen molar-refractivity contribution in [2.45, 2.75) is 26.7 Å². The molecule has 3 amide bonds. The van der Waals surface area contributed by atoms with Crippen LogP contribution in [0, 0.1) is 13.8 Å². The van der Waals surface area contributed by atoms with Crippen LogP contribution in [0.25, 0.3) is 0 Å². The van der Waals surface area contributed by atoms with Gasteiger partial charge in [-0.3, -0.25) is 19.2 Å². The van der Waals surface area contributed by atoms with E-state index < -0.39 is 11.8 Å². The fourth-order valence-electron chi connectivity index (χ4n) is 3.77. The first-order valence-electron chi connectivity index (χ1n) is 10.3. The van der Waals surface area contributed by atoms with Crippen LogP contribution in [0.4, 0.5) is 11.4 Å². The number of anilines is 2. The Balaban J connectivity index is 1.43. The molecule has 1 N–H and O–H groups in total. The molecule has 6 heteroatoms. The number of hydrogen-bond donors (Lipinski definition) is 1. The molecule has 0 fully saturated rings. The maximum Gasteiger partial charge on any atom is 0.266 e. The zero-order chi connectivity index (χ0) is 22.8. The van der Waals surface area contributed by atoms with Gasteiger partial charge in [0.05, 0.1) is 16.8 Å². The van der Waals surface area contributed by atoms with Crippen LogP contribution in [0.15, 0.2) is 66.7 Å². The summed E-state index contributed by atoms with van der Waals surface area (Å²) in [7, 11) is 0. The summed E-state index contributed by atoms with van der Waals surface area (Å²) in [5.74, 6) is -1.19. The Morgan fingerprint density at radius 2 is 1.50 bits per heavy atom. The maximum absolute atomic E-state index is 12.7. The van der Waals surface area contributed by atoms with Gasteiger partial charge in [0.2, 0.25) is 5.91 Å². The van der Waals surface area contributed by atoms with Gasteiger partial charge in [0.25, 0.3) is 11.8 Å². The van der Waals surface area contributed by atoms with Crippen LogP contribution in [-0.4, -0.2) is 23.5 Å². The molecule has 0 saturated heterocycles. The molecule has 0 radical (unpaired) electrons. The lowest BCUT2D eigenvalue weighted by Crippen LogP contribution is -2.29. The second-order valence-electron chi connectivity index (χ2n) is 7.83. The highest BCUT2D eigenvalue weighted by atomic mass is 16.2. The quantitative estimate of drug-likeness (QED) is 0.457. The highest BCUT2D eigenvalue weighted by Gasteiger charge is 2.36. The zero-order valence-corrected chi connectivity index (χ0v) is 17.8. The van der Waals surface area contributed by atoms with Crippen molar-refractivity contribution >= 4 is 34.9 Å². The van der Waals surface area contributed by atoms with Gasteiger partial charge < -0.3 is 5.32 Å². The first-order chi connectivity index (χ1) is 15.3. The average Bonchev–Trinajstić information content (AvgIpc) is 3.04. The second-order valence-corrected chi connectivity index (χ2v) is 7.83. The number of hydrogen-bond acceptors (Lipinski definition) is 4. The Hall–Kier alpha value is -4.06. The first-order valence-corrected chi connectivity index (χ1v) is 10.3. The van der Waals surface area contributed by atoms with Gasteiger partial charge >= 0.3 is 0 Å². The minimum absolute atomic E-state index is 0.0312. The Bertz CT molecular complexity index is 1230. The van der Waals surface area contributed by atoms with E-state index in [1.54, 1.807) is 48.5 Å². The monoisotopic (exact) mass is 426 g/mol. The third-order valence-corrected chi connectivity index (χ3v) is 5.45. The van der Waals surface area contributed by atoms with Crippen LogP contribution in [0.2, 0.25) is 0 Å². The Morgan fingerprint density at radius 3 is 2.19 bits per heavy atom. The third-order valence-electron chi connectivity index (χ3n) is 5.45. The fourth-order valence-corrected chi connectivity index (χ4v) is 3.77. The standard InChI is InChI=1S/C26H22N2O4/c1-16-10-11-17(2)22(14-16)23(29)12-13-24(30)27-18-6-5-7-19(15-18)28-25(31)20-8-3-4-9-21(20)26(28)32/h3-11,14-15H,12-13H2,1-2H3,(H,27,30). The highest BCUT2D eigenvalue weighted by molar-refractivity contribution is 6.34. The predicted molar refractivity (Wildman–Crippen MR) is 122 cm³/mol. The number of benzene rings is 3. The topological polar surface area (TPSA) is 83.6 Å². The first kappa shape index (κ1) is 21.2. The van der Waals surface area contributed by atoms with Gasteiger partial charge in [0, 0.05) is 24.1 Å². The Kier molecular flexibility index (Phi) is 5.69. The number of fused-ring (bicyclic) bond motifs is 1. The van der Waals surface area contributed by atoms with Gasteiger partial charge in [-0.1, -0.05) is 35.9 Å². The summed E-state index contributed by atoms with van der Waals surface area (Å²) >= 11 is 0. The molecule has 1 heterocycles. The van der Waals surface area contributed by atoms with Crippen LogP contribution < -0.4 is 10.2 Å². The van der Waals surface area contributed by atoms with E-state index >= 15 is 0 Å². The van der Waals surface area contributed by atoms with Crippen LogP contribution in [-0.2, 0) is 4.79 Å². The molecular weight excluding hydrogens is 404 g/mol. The minimum Gasteiger partial charge on any atom is -0.326 e. The number of aryl methyl sites for hydroxylation is 2. The predicted octanol–water partition coefficient (Wildman–Crippen LogP) is 4.71. The van der Waals surface area contributed by atoms with Crippen molar-refractivity contribution in [2.75, 3.05) is 10.2 Å². The molecule has 1 aliphatic rings. The molecule has 160 valence electrons. The van der Waals surface area contributed by atoms with E-state index in [2.05, 4.69) is 5.32 Å². The number of nitrogens with zero attached hydrogens (tertiary/aromatic N) is 1. The van der Waals surface area contributed by atoms with Crippen LogP contribution in [0.1, 0.15) is 55.0 Å². The van der Waals surface area contributed by atoms with Gasteiger partial charge in [-0.25, -0.2) is 4.90 Å². The summed E-state index contributed by atoms with van der Waals surface area (Å²) in [4.78, 5) is 51.4. The van der Waals surface area contributed by atoms with Gasteiger partial charge in [-0.15, -0.1) is 0 Å². The van der Waals surface area contributed by atoms with Crippen molar-refractivity contribution in [3.8, 4) is 0 Å². The third kappa shape index (κ3) is 4.07. The number of nitrogens with one attached hydrogen (secondary N) is 1. The van der Waals surface area contributed by atoms with E-state index in [0.29, 0.717) is 28.1 Å². The molecule has 0 saturated carbocycles. The molecule has 6 nitrogen and oxygen atoms in total. The maximum atomic E-state index is 12.7. The summed E-state index contributed by atoms with van der Waals surface area (Å²) in [5.41, 5.74) is 4.05.